The molecule has 0 unspecified atom stereocenters. The van der Waals surface area contributed by atoms with Gasteiger partial charge < -0.3 is 15.0 Å². The summed E-state index contributed by atoms with van der Waals surface area (Å²) in [5.74, 6) is -0.245. The number of nitrogens with one attached hydrogen (secondary N) is 1. The standard InChI is InChI=1S/C20H21FN2O3/c1-26-18-8-3-2-7-17(18)20(25)23-11-9-16(10-12-23)22-19(24)14-5-4-6-15(21)13-14/h2-8,13,16H,9-12H2,1H3,(H,22,24). The quantitative estimate of drug-likeness (QED) is 0.916. The van der Waals surface area contributed by atoms with Crippen molar-refractivity contribution in [1.29, 1.82) is 0 Å². The summed E-state index contributed by atoms with van der Waals surface area (Å²) in [7, 11) is 1.54. The van der Waals surface area contributed by atoms with Crippen LogP contribution in [0.5, 0.6) is 5.75 Å². The predicted octanol–water partition coefficient (Wildman–Crippen LogP) is 2.87. The third-order valence-corrected chi connectivity index (χ3v) is 4.54. The van der Waals surface area contributed by atoms with Gasteiger partial charge in [-0.3, -0.25) is 9.59 Å². The highest BCUT2D eigenvalue weighted by Crippen LogP contribution is 2.21. The molecule has 0 radical (unpaired) electrons. The van der Waals surface area contributed by atoms with Crippen LogP contribution < -0.4 is 10.1 Å². The molecule has 2 aromatic rings. The minimum atomic E-state index is -0.435. The van der Waals surface area contributed by atoms with E-state index in [9.17, 15) is 14.0 Å². The highest BCUT2D eigenvalue weighted by Gasteiger charge is 2.26. The normalized spacial score (nSPS) is 14.8. The van der Waals surface area contributed by atoms with E-state index in [4.69, 9.17) is 4.74 Å². The zero-order valence-electron chi connectivity index (χ0n) is 14.6. The van der Waals surface area contributed by atoms with Crippen LogP contribution in [0.25, 0.3) is 0 Å². The second kappa shape index (κ2) is 7.99. The smallest absolute Gasteiger partial charge is 0.257 e. The lowest BCUT2D eigenvalue weighted by Gasteiger charge is -2.32. The average molecular weight is 356 g/mol. The van der Waals surface area contributed by atoms with E-state index in [0.717, 1.165) is 0 Å². The first-order valence-electron chi connectivity index (χ1n) is 8.57. The Morgan fingerprint density at radius 2 is 1.85 bits per heavy atom. The number of likely N-dealkylation sites (tertiary alicyclic amines) is 1. The number of amides is 2. The number of piperidine rings is 1. The van der Waals surface area contributed by atoms with Gasteiger partial charge in [-0.1, -0.05) is 18.2 Å². The molecule has 0 bridgehead atoms. The first-order chi connectivity index (χ1) is 12.6. The number of carbonyl (C=O) groups excluding carboxylic acids is 2. The molecular weight excluding hydrogens is 335 g/mol. The van der Waals surface area contributed by atoms with Crippen molar-refractivity contribution in [1.82, 2.24) is 10.2 Å². The maximum atomic E-state index is 13.2. The van der Waals surface area contributed by atoms with Crippen LogP contribution in [0.15, 0.2) is 48.5 Å². The lowest BCUT2D eigenvalue weighted by molar-refractivity contribution is 0.0695. The topological polar surface area (TPSA) is 58.6 Å². The van der Waals surface area contributed by atoms with E-state index in [2.05, 4.69) is 5.32 Å². The Morgan fingerprint density at radius 3 is 2.54 bits per heavy atom. The fraction of sp³-hybridized carbons (Fsp3) is 0.300. The van der Waals surface area contributed by atoms with E-state index >= 15 is 0 Å². The maximum absolute atomic E-state index is 13.2. The molecule has 1 saturated heterocycles. The summed E-state index contributed by atoms with van der Waals surface area (Å²) in [6.07, 6.45) is 1.31. The highest BCUT2D eigenvalue weighted by molar-refractivity contribution is 5.97. The van der Waals surface area contributed by atoms with Crippen molar-refractivity contribution in [2.24, 2.45) is 0 Å². The van der Waals surface area contributed by atoms with Crippen LogP contribution in [0.4, 0.5) is 4.39 Å². The number of para-hydroxylation sites is 1. The molecule has 5 nitrogen and oxygen atoms in total. The molecule has 1 N–H and O–H groups in total. The van der Waals surface area contributed by atoms with Crippen molar-refractivity contribution in [3.05, 3.63) is 65.5 Å². The first kappa shape index (κ1) is 17.9. The van der Waals surface area contributed by atoms with Crippen molar-refractivity contribution in [3.63, 3.8) is 0 Å². The number of halogens is 1. The minimum Gasteiger partial charge on any atom is -0.496 e. The van der Waals surface area contributed by atoms with Crippen molar-refractivity contribution in [2.45, 2.75) is 18.9 Å². The van der Waals surface area contributed by atoms with Crippen LogP contribution in [0.1, 0.15) is 33.6 Å². The summed E-state index contributed by atoms with van der Waals surface area (Å²) in [6.45, 7) is 1.09. The van der Waals surface area contributed by atoms with Crippen LogP contribution in [0, 0.1) is 5.82 Å². The molecule has 1 aliphatic rings. The number of rotatable bonds is 4. The number of hydrogen-bond donors (Lipinski definition) is 1. The molecule has 136 valence electrons. The monoisotopic (exact) mass is 356 g/mol. The number of nitrogens with zero attached hydrogens (tertiary/aromatic N) is 1. The van der Waals surface area contributed by atoms with Gasteiger partial charge in [-0.05, 0) is 43.2 Å². The van der Waals surface area contributed by atoms with Crippen LogP contribution in [0.2, 0.25) is 0 Å². The third kappa shape index (κ3) is 4.02. The highest BCUT2D eigenvalue weighted by atomic mass is 19.1. The van der Waals surface area contributed by atoms with Gasteiger partial charge in [0, 0.05) is 24.7 Å². The van der Waals surface area contributed by atoms with E-state index in [0.29, 0.717) is 42.8 Å². The fourth-order valence-electron chi connectivity index (χ4n) is 3.12. The minimum absolute atomic E-state index is 0.0347. The van der Waals surface area contributed by atoms with Crippen molar-refractivity contribution in [3.8, 4) is 5.75 Å². The molecule has 0 saturated carbocycles. The molecule has 1 aliphatic heterocycles. The Morgan fingerprint density at radius 1 is 1.12 bits per heavy atom. The summed E-state index contributed by atoms with van der Waals surface area (Å²) in [5, 5.41) is 2.92. The zero-order valence-corrected chi connectivity index (χ0v) is 14.6. The number of ether oxygens (including phenoxy) is 1. The Hall–Kier alpha value is -2.89. The van der Waals surface area contributed by atoms with Gasteiger partial charge in [0.25, 0.3) is 11.8 Å². The van der Waals surface area contributed by atoms with E-state index in [1.807, 2.05) is 12.1 Å². The van der Waals surface area contributed by atoms with E-state index in [1.165, 1.54) is 18.2 Å². The van der Waals surface area contributed by atoms with E-state index in [-0.39, 0.29) is 17.9 Å². The Bertz CT molecular complexity index is 801. The average Bonchev–Trinajstić information content (AvgIpc) is 2.68. The van der Waals surface area contributed by atoms with Crippen molar-refractivity contribution >= 4 is 11.8 Å². The Balaban J connectivity index is 1.57. The molecule has 26 heavy (non-hydrogen) atoms. The van der Waals surface area contributed by atoms with Gasteiger partial charge in [0.15, 0.2) is 0 Å². The molecule has 1 heterocycles. The summed E-state index contributed by atoms with van der Waals surface area (Å²) < 4.78 is 18.5. The van der Waals surface area contributed by atoms with Gasteiger partial charge in [-0.2, -0.15) is 0 Å². The lowest BCUT2D eigenvalue weighted by Crippen LogP contribution is -2.46. The van der Waals surface area contributed by atoms with Gasteiger partial charge >= 0.3 is 0 Å². The molecule has 0 aromatic heterocycles. The Kier molecular flexibility index (Phi) is 5.51. The zero-order chi connectivity index (χ0) is 18.5. The maximum Gasteiger partial charge on any atom is 0.257 e. The lowest BCUT2D eigenvalue weighted by atomic mass is 10.0. The van der Waals surface area contributed by atoms with Crippen LogP contribution in [-0.2, 0) is 0 Å². The number of hydrogen-bond acceptors (Lipinski definition) is 3. The molecule has 0 spiro atoms. The molecule has 0 atom stereocenters. The fourth-order valence-corrected chi connectivity index (χ4v) is 3.12. The molecule has 6 heteroatoms. The summed E-state index contributed by atoms with van der Waals surface area (Å²) in [6, 6.07) is 12.7. The van der Waals surface area contributed by atoms with E-state index < -0.39 is 5.82 Å². The molecule has 0 aliphatic carbocycles. The van der Waals surface area contributed by atoms with Crippen molar-refractivity contribution < 1.29 is 18.7 Å². The van der Waals surface area contributed by atoms with E-state index in [1.54, 1.807) is 30.2 Å². The molecule has 2 aromatic carbocycles. The number of methoxy groups -OCH3 is 1. The summed E-state index contributed by atoms with van der Waals surface area (Å²) in [4.78, 5) is 26.7. The van der Waals surface area contributed by atoms with Crippen LogP contribution >= 0.6 is 0 Å². The second-order valence-corrected chi connectivity index (χ2v) is 6.25. The number of benzene rings is 2. The molecule has 1 fully saturated rings. The summed E-state index contributed by atoms with van der Waals surface area (Å²) in [5.41, 5.74) is 0.842. The second-order valence-electron chi connectivity index (χ2n) is 6.25. The third-order valence-electron chi connectivity index (χ3n) is 4.54. The molecular formula is C20H21FN2O3. The van der Waals surface area contributed by atoms with Gasteiger partial charge in [0.1, 0.15) is 11.6 Å². The van der Waals surface area contributed by atoms with Crippen molar-refractivity contribution in [2.75, 3.05) is 20.2 Å². The van der Waals surface area contributed by atoms with Gasteiger partial charge in [0.2, 0.25) is 0 Å². The van der Waals surface area contributed by atoms with Crippen LogP contribution in [-0.4, -0.2) is 43.0 Å². The van der Waals surface area contributed by atoms with Gasteiger partial charge in [-0.15, -0.1) is 0 Å². The predicted molar refractivity (Wildman–Crippen MR) is 95.8 cm³/mol. The number of carbonyl (C=O) groups is 2. The largest absolute Gasteiger partial charge is 0.496 e. The molecule has 3 rings (SSSR count). The molecule has 2 amide bonds. The van der Waals surface area contributed by atoms with Gasteiger partial charge in [0.05, 0.1) is 12.7 Å². The summed E-state index contributed by atoms with van der Waals surface area (Å²) >= 11 is 0. The first-order valence-corrected chi connectivity index (χ1v) is 8.57. The van der Waals surface area contributed by atoms with Crippen LogP contribution in [0.3, 0.4) is 0 Å². The Labute approximate surface area is 151 Å². The van der Waals surface area contributed by atoms with Gasteiger partial charge in [-0.25, -0.2) is 4.39 Å². The SMILES string of the molecule is COc1ccccc1C(=O)N1CCC(NC(=O)c2cccc(F)c2)CC1.